The molecule has 0 amide bonds. The number of ether oxygens (including phenoxy) is 1. The van der Waals surface area contributed by atoms with Gasteiger partial charge in [0.15, 0.2) is 0 Å². The molecule has 2 aromatic rings. The van der Waals surface area contributed by atoms with Gasteiger partial charge in [-0.15, -0.1) is 13.2 Å². The van der Waals surface area contributed by atoms with Crippen LogP contribution in [0.1, 0.15) is 11.1 Å². The summed E-state index contributed by atoms with van der Waals surface area (Å²) < 4.78 is 5.75. The average molecular weight is 381 g/mol. The molecule has 28 heavy (non-hydrogen) atoms. The molecule has 1 atom stereocenters. The predicted octanol–water partition coefficient (Wildman–Crippen LogP) is 3.73. The van der Waals surface area contributed by atoms with Gasteiger partial charge < -0.3 is 9.84 Å². The highest BCUT2D eigenvalue weighted by atomic mass is 16.5. The summed E-state index contributed by atoms with van der Waals surface area (Å²) in [6.45, 7) is 11.7. The third kappa shape index (κ3) is 8.09. The van der Waals surface area contributed by atoms with E-state index in [1.54, 1.807) is 0 Å². The van der Waals surface area contributed by atoms with E-state index in [0.29, 0.717) is 6.54 Å². The zero-order valence-corrected chi connectivity index (χ0v) is 16.8. The van der Waals surface area contributed by atoms with Gasteiger partial charge in [-0.25, -0.2) is 0 Å². The lowest BCUT2D eigenvalue weighted by molar-refractivity contribution is 0.0744. The fraction of sp³-hybridized carbons (Fsp3) is 0.333. The van der Waals surface area contributed by atoms with Crippen LogP contribution in [0.5, 0.6) is 5.75 Å². The Morgan fingerprint density at radius 3 is 2.14 bits per heavy atom. The van der Waals surface area contributed by atoms with Crippen molar-refractivity contribution in [3.63, 3.8) is 0 Å². The smallest absolute Gasteiger partial charge is 0.119 e. The summed E-state index contributed by atoms with van der Waals surface area (Å²) in [7, 11) is 2.00. The predicted molar refractivity (Wildman–Crippen MR) is 116 cm³/mol. The molecule has 0 fully saturated rings. The van der Waals surface area contributed by atoms with Crippen molar-refractivity contribution in [1.82, 2.24) is 9.80 Å². The Labute approximate surface area is 169 Å². The van der Waals surface area contributed by atoms with E-state index in [0.717, 1.165) is 31.9 Å². The Bertz CT molecular complexity index is 690. The number of hydrogen-bond acceptors (Lipinski definition) is 4. The van der Waals surface area contributed by atoms with Gasteiger partial charge in [0.25, 0.3) is 0 Å². The molecule has 0 spiro atoms. The highest BCUT2D eigenvalue weighted by Crippen LogP contribution is 2.14. The number of aliphatic hydroxyl groups excluding tert-OH is 1. The number of hydrogen-bond donors (Lipinski definition) is 1. The molecule has 0 radical (unpaired) electrons. The van der Waals surface area contributed by atoms with Crippen LogP contribution in [0, 0.1) is 0 Å². The van der Waals surface area contributed by atoms with Gasteiger partial charge in [-0.1, -0.05) is 54.6 Å². The van der Waals surface area contributed by atoms with Crippen molar-refractivity contribution in [3.8, 4) is 5.75 Å². The van der Waals surface area contributed by atoms with Gasteiger partial charge in [0, 0.05) is 32.7 Å². The van der Waals surface area contributed by atoms with Crippen LogP contribution >= 0.6 is 0 Å². The SMILES string of the molecule is C=CCN(CC=C)Cc1ccc(OCC(O)CN(C)Cc2ccccc2)cc1. The first-order valence-corrected chi connectivity index (χ1v) is 9.67. The Morgan fingerprint density at radius 1 is 0.929 bits per heavy atom. The van der Waals surface area contributed by atoms with E-state index in [1.807, 2.05) is 49.5 Å². The quantitative estimate of drug-likeness (QED) is 0.537. The average Bonchev–Trinajstić information content (AvgIpc) is 2.68. The van der Waals surface area contributed by atoms with Crippen LogP contribution in [-0.2, 0) is 13.1 Å². The van der Waals surface area contributed by atoms with Crippen molar-refractivity contribution in [2.45, 2.75) is 19.2 Å². The molecule has 2 rings (SSSR count). The second-order valence-electron chi connectivity index (χ2n) is 7.06. The minimum Gasteiger partial charge on any atom is -0.491 e. The number of nitrogens with zero attached hydrogens (tertiary/aromatic N) is 2. The molecule has 4 heteroatoms. The van der Waals surface area contributed by atoms with E-state index in [4.69, 9.17) is 4.74 Å². The van der Waals surface area contributed by atoms with Crippen LogP contribution < -0.4 is 4.74 Å². The van der Waals surface area contributed by atoms with E-state index in [9.17, 15) is 5.11 Å². The topological polar surface area (TPSA) is 35.9 Å². The van der Waals surface area contributed by atoms with E-state index < -0.39 is 6.10 Å². The number of likely N-dealkylation sites (N-methyl/N-ethyl adjacent to an activating group) is 1. The molecule has 0 saturated heterocycles. The first-order valence-electron chi connectivity index (χ1n) is 9.67. The highest BCUT2D eigenvalue weighted by Gasteiger charge is 2.10. The summed E-state index contributed by atoms with van der Waals surface area (Å²) >= 11 is 0. The highest BCUT2D eigenvalue weighted by molar-refractivity contribution is 5.27. The minimum atomic E-state index is -0.538. The van der Waals surface area contributed by atoms with Gasteiger partial charge in [-0.05, 0) is 30.3 Å². The van der Waals surface area contributed by atoms with Crippen molar-refractivity contribution in [2.75, 3.05) is 33.3 Å². The maximum atomic E-state index is 10.3. The Morgan fingerprint density at radius 2 is 1.54 bits per heavy atom. The molecular formula is C24H32N2O2. The first kappa shape index (κ1) is 21.9. The molecule has 2 aromatic carbocycles. The molecule has 0 aliphatic heterocycles. The molecule has 0 bridgehead atoms. The van der Waals surface area contributed by atoms with Crippen LogP contribution in [0.15, 0.2) is 79.9 Å². The van der Waals surface area contributed by atoms with E-state index >= 15 is 0 Å². The van der Waals surface area contributed by atoms with E-state index in [2.05, 4.69) is 47.2 Å². The van der Waals surface area contributed by atoms with Gasteiger partial charge >= 0.3 is 0 Å². The summed E-state index contributed by atoms with van der Waals surface area (Å²) in [6.07, 6.45) is 3.26. The molecule has 1 N–H and O–H groups in total. The third-order valence-electron chi connectivity index (χ3n) is 4.36. The summed E-state index contributed by atoms with van der Waals surface area (Å²) in [5.41, 5.74) is 2.44. The maximum absolute atomic E-state index is 10.3. The molecule has 0 saturated carbocycles. The Hall–Kier alpha value is -2.40. The Kier molecular flexibility index (Phi) is 9.49. The van der Waals surface area contributed by atoms with Crippen molar-refractivity contribution < 1.29 is 9.84 Å². The number of benzene rings is 2. The van der Waals surface area contributed by atoms with Crippen molar-refractivity contribution in [3.05, 3.63) is 91.0 Å². The van der Waals surface area contributed by atoms with Gasteiger partial charge in [0.05, 0.1) is 0 Å². The zero-order chi connectivity index (χ0) is 20.2. The third-order valence-corrected chi connectivity index (χ3v) is 4.36. The number of aliphatic hydroxyl groups is 1. The van der Waals surface area contributed by atoms with Crippen molar-refractivity contribution in [2.24, 2.45) is 0 Å². The van der Waals surface area contributed by atoms with Crippen LogP contribution in [0.3, 0.4) is 0 Å². The van der Waals surface area contributed by atoms with Crippen molar-refractivity contribution >= 4 is 0 Å². The summed E-state index contributed by atoms with van der Waals surface area (Å²) in [4.78, 5) is 4.35. The molecule has 0 aromatic heterocycles. The second kappa shape index (κ2) is 12.1. The normalized spacial score (nSPS) is 12.1. The molecular weight excluding hydrogens is 348 g/mol. The zero-order valence-electron chi connectivity index (χ0n) is 16.8. The van der Waals surface area contributed by atoms with Crippen LogP contribution in [0.25, 0.3) is 0 Å². The second-order valence-corrected chi connectivity index (χ2v) is 7.06. The Balaban J connectivity index is 1.75. The van der Waals surface area contributed by atoms with Crippen LogP contribution in [0.2, 0.25) is 0 Å². The summed E-state index contributed by atoms with van der Waals surface area (Å²) in [5.74, 6) is 0.771. The van der Waals surface area contributed by atoms with Gasteiger partial charge in [0.2, 0.25) is 0 Å². The monoisotopic (exact) mass is 380 g/mol. The molecule has 0 heterocycles. The molecule has 0 aliphatic carbocycles. The first-order chi connectivity index (χ1) is 13.6. The van der Waals surface area contributed by atoms with Gasteiger partial charge in [-0.3, -0.25) is 9.80 Å². The summed E-state index contributed by atoms with van der Waals surface area (Å²) in [5, 5.41) is 10.3. The lowest BCUT2D eigenvalue weighted by Gasteiger charge is -2.21. The summed E-state index contributed by atoms with van der Waals surface area (Å²) in [6, 6.07) is 18.3. The van der Waals surface area contributed by atoms with E-state index in [-0.39, 0.29) is 6.61 Å². The fourth-order valence-corrected chi connectivity index (χ4v) is 3.08. The molecule has 4 nitrogen and oxygen atoms in total. The largest absolute Gasteiger partial charge is 0.491 e. The molecule has 1 unspecified atom stereocenters. The van der Waals surface area contributed by atoms with Crippen molar-refractivity contribution in [1.29, 1.82) is 0 Å². The fourth-order valence-electron chi connectivity index (χ4n) is 3.08. The molecule has 0 aliphatic rings. The lowest BCUT2D eigenvalue weighted by Crippen LogP contribution is -2.32. The van der Waals surface area contributed by atoms with Crippen LogP contribution in [-0.4, -0.2) is 54.3 Å². The number of rotatable bonds is 13. The van der Waals surface area contributed by atoms with Gasteiger partial charge in [-0.2, -0.15) is 0 Å². The molecule has 150 valence electrons. The van der Waals surface area contributed by atoms with Gasteiger partial charge in [0.1, 0.15) is 18.5 Å². The lowest BCUT2D eigenvalue weighted by atomic mass is 10.2. The van der Waals surface area contributed by atoms with Crippen LogP contribution in [0.4, 0.5) is 0 Å². The van der Waals surface area contributed by atoms with E-state index in [1.165, 1.54) is 11.1 Å². The standard InChI is InChI=1S/C24H32N2O2/c1-4-15-26(16-5-2)18-22-11-13-24(14-12-22)28-20-23(27)19-25(3)17-21-9-7-6-8-10-21/h4-14,23,27H,1-2,15-20H2,3H3. The maximum Gasteiger partial charge on any atom is 0.119 e. The minimum absolute atomic E-state index is 0.275.